The fourth-order valence-electron chi connectivity index (χ4n) is 5.65. The van der Waals surface area contributed by atoms with Crippen LogP contribution in [-0.2, 0) is 9.59 Å². The minimum absolute atomic E-state index is 0.237. The third-order valence-corrected chi connectivity index (χ3v) is 7.78. The van der Waals surface area contributed by atoms with Crippen LogP contribution in [0.5, 0.6) is 0 Å². The van der Waals surface area contributed by atoms with E-state index in [1.54, 1.807) is 0 Å². The lowest BCUT2D eigenvalue weighted by Gasteiger charge is -2.38. The smallest absolute Gasteiger partial charge is 0.233 e. The Labute approximate surface area is 168 Å². The van der Waals surface area contributed by atoms with Crippen LogP contribution in [0, 0.1) is 11.3 Å². The van der Waals surface area contributed by atoms with Gasteiger partial charge in [-0.3, -0.25) is 9.59 Å². The summed E-state index contributed by atoms with van der Waals surface area (Å²) in [5.74, 6) is 1.96. The fourth-order valence-corrected chi connectivity index (χ4v) is 5.65. The van der Waals surface area contributed by atoms with Gasteiger partial charge in [0.1, 0.15) is 0 Å². The molecule has 4 heteroatoms. The molecule has 0 bridgehead atoms. The summed E-state index contributed by atoms with van der Waals surface area (Å²) in [6.45, 7) is 2.33. The van der Waals surface area contributed by atoms with Gasteiger partial charge < -0.3 is 9.80 Å². The van der Waals surface area contributed by atoms with Gasteiger partial charge in [-0.25, -0.2) is 0 Å². The summed E-state index contributed by atoms with van der Waals surface area (Å²) < 4.78 is 0. The number of amides is 2. The molecule has 0 radical (unpaired) electrons. The highest BCUT2D eigenvalue weighted by molar-refractivity contribution is 6.00. The lowest BCUT2D eigenvalue weighted by atomic mass is 9.77. The van der Waals surface area contributed by atoms with Crippen molar-refractivity contribution in [3.63, 3.8) is 0 Å². The van der Waals surface area contributed by atoms with Gasteiger partial charge >= 0.3 is 0 Å². The Morgan fingerprint density at radius 2 is 1.57 bits per heavy atom. The van der Waals surface area contributed by atoms with E-state index in [9.17, 15) is 9.59 Å². The summed E-state index contributed by atoms with van der Waals surface area (Å²) in [5, 5.41) is 0. The lowest BCUT2D eigenvalue weighted by molar-refractivity contribution is -0.138. The second-order valence-corrected chi connectivity index (χ2v) is 9.59. The Bertz CT molecular complexity index is 738. The number of nitrogens with zero attached hydrogens (tertiary/aromatic N) is 2. The van der Waals surface area contributed by atoms with Crippen molar-refractivity contribution in [1.82, 2.24) is 4.90 Å². The van der Waals surface area contributed by atoms with Gasteiger partial charge in [0.05, 0.1) is 5.41 Å². The first-order valence-corrected chi connectivity index (χ1v) is 11.3. The van der Waals surface area contributed by atoms with Gasteiger partial charge in [0, 0.05) is 31.7 Å². The number of carbonyl (C=O) groups is 2. The number of carbonyl (C=O) groups excluding carboxylic acids is 2. The first-order valence-electron chi connectivity index (χ1n) is 11.3. The lowest BCUT2D eigenvalue weighted by Crippen LogP contribution is -2.47. The molecule has 2 amide bonds. The van der Waals surface area contributed by atoms with Gasteiger partial charge in [-0.05, 0) is 74.5 Å². The van der Waals surface area contributed by atoms with Crippen molar-refractivity contribution in [1.29, 1.82) is 0 Å². The third-order valence-electron chi connectivity index (χ3n) is 7.78. The first-order chi connectivity index (χ1) is 13.6. The van der Waals surface area contributed by atoms with Crippen molar-refractivity contribution >= 4 is 17.5 Å². The SMILES string of the molecule is O=C(CC1CCCC1)N1CCC2(CC1)CCN(c1ccc(C3CC3)cc1)C2=O. The number of hydrogen-bond acceptors (Lipinski definition) is 2. The molecule has 0 N–H and O–H groups in total. The molecule has 2 aliphatic heterocycles. The average Bonchev–Trinajstić information content (AvgIpc) is 3.37. The van der Waals surface area contributed by atoms with Crippen LogP contribution in [0.2, 0.25) is 0 Å². The summed E-state index contributed by atoms with van der Waals surface area (Å²) in [4.78, 5) is 30.0. The number of likely N-dealkylation sites (tertiary alicyclic amines) is 1. The first kappa shape index (κ1) is 18.2. The molecule has 0 unspecified atom stereocenters. The molecule has 4 aliphatic rings. The van der Waals surface area contributed by atoms with Gasteiger partial charge in [-0.2, -0.15) is 0 Å². The zero-order valence-electron chi connectivity index (χ0n) is 16.9. The van der Waals surface area contributed by atoms with E-state index < -0.39 is 0 Å². The number of anilines is 1. The van der Waals surface area contributed by atoms with E-state index in [4.69, 9.17) is 0 Å². The Morgan fingerprint density at radius 1 is 0.929 bits per heavy atom. The predicted octanol–water partition coefficient (Wildman–Crippen LogP) is 4.49. The number of piperidine rings is 1. The van der Waals surface area contributed by atoms with Gasteiger partial charge in [0.15, 0.2) is 0 Å². The second kappa shape index (κ2) is 7.20. The Balaban J connectivity index is 1.20. The molecule has 28 heavy (non-hydrogen) atoms. The van der Waals surface area contributed by atoms with Crippen LogP contribution in [0.25, 0.3) is 0 Å². The van der Waals surface area contributed by atoms with Crippen molar-refractivity contribution in [2.45, 2.75) is 70.1 Å². The second-order valence-electron chi connectivity index (χ2n) is 9.59. The van der Waals surface area contributed by atoms with Crippen LogP contribution in [0.3, 0.4) is 0 Å². The van der Waals surface area contributed by atoms with Crippen LogP contribution in [0.4, 0.5) is 5.69 Å². The molecule has 2 saturated heterocycles. The molecule has 2 heterocycles. The summed E-state index contributed by atoms with van der Waals surface area (Å²) >= 11 is 0. The summed E-state index contributed by atoms with van der Waals surface area (Å²) in [6.07, 6.45) is 10.9. The van der Waals surface area contributed by atoms with E-state index in [1.165, 1.54) is 44.1 Å². The summed E-state index contributed by atoms with van der Waals surface area (Å²) in [7, 11) is 0. The van der Waals surface area contributed by atoms with E-state index >= 15 is 0 Å². The normalized spacial score (nSPS) is 25.1. The molecule has 0 aromatic heterocycles. The highest BCUT2D eigenvalue weighted by Gasteiger charge is 2.49. The minimum Gasteiger partial charge on any atom is -0.343 e. The number of benzene rings is 1. The quantitative estimate of drug-likeness (QED) is 0.772. The zero-order valence-corrected chi connectivity index (χ0v) is 16.9. The van der Waals surface area contributed by atoms with Gasteiger partial charge in [-0.1, -0.05) is 25.0 Å². The van der Waals surface area contributed by atoms with Crippen LogP contribution in [0.15, 0.2) is 24.3 Å². The Morgan fingerprint density at radius 3 is 2.21 bits per heavy atom. The van der Waals surface area contributed by atoms with Crippen molar-refractivity contribution in [2.24, 2.45) is 11.3 Å². The molecule has 2 aliphatic carbocycles. The van der Waals surface area contributed by atoms with E-state index in [2.05, 4.69) is 24.3 Å². The van der Waals surface area contributed by atoms with Gasteiger partial charge in [-0.15, -0.1) is 0 Å². The number of hydrogen-bond donors (Lipinski definition) is 0. The fraction of sp³-hybridized carbons (Fsp3) is 0.667. The van der Waals surface area contributed by atoms with E-state index in [1.807, 2.05) is 9.80 Å². The van der Waals surface area contributed by atoms with Gasteiger partial charge in [0.25, 0.3) is 0 Å². The zero-order chi connectivity index (χ0) is 19.1. The van der Waals surface area contributed by atoms with E-state index in [0.29, 0.717) is 11.8 Å². The topological polar surface area (TPSA) is 40.6 Å². The highest BCUT2D eigenvalue weighted by atomic mass is 16.2. The summed E-state index contributed by atoms with van der Waals surface area (Å²) in [5.41, 5.74) is 2.23. The van der Waals surface area contributed by atoms with Crippen LogP contribution in [-0.4, -0.2) is 36.3 Å². The van der Waals surface area contributed by atoms with Crippen LogP contribution >= 0.6 is 0 Å². The van der Waals surface area contributed by atoms with Crippen molar-refractivity contribution < 1.29 is 9.59 Å². The Kier molecular flexibility index (Phi) is 4.68. The number of rotatable bonds is 4. The van der Waals surface area contributed by atoms with E-state index in [-0.39, 0.29) is 11.3 Å². The minimum atomic E-state index is -0.237. The molecule has 150 valence electrons. The molecule has 5 rings (SSSR count). The molecular formula is C24H32N2O2. The van der Waals surface area contributed by atoms with E-state index in [0.717, 1.165) is 56.9 Å². The summed E-state index contributed by atoms with van der Waals surface area (Å²) in [6, 6.07) is 8.67. The van der Waals surface area contributed by atoms with Crippen molar-refractivity contribution in [2.75, 3.05) is 24.5 Å². The maximum atomic E-state index is 13.3. The van der Waals surface area contributed by atoms with Gasteiger partial charge in [0.2, 0.25) is 11.8 Å². The molecule has 1 spiro atoms. The standard InChI is InChI=1S/C24H32N2O2/c27-22(17-18-3-1-2-4-18)25-14-11-24(12-15-25)13-16-26(23(24)28)21-9-7-20(8-10-21)19-5-6-19/h7-10,18-19H,1-6,11-17H2. The molecule has 4 fully saturated rings. The molecule has 1 aromatic carbocycles. The monoisotopic (exact) mass is 380 g/mol. The Hall–Kier alpha value is -1.84. The van der Waals surface area contributed by atoms with Crippen LogP contribution in [0.1, 0.15) is 75.7 Å². The third kappa shape index (κ3) is 3.35. The predicted molar refractivity (Wildman–Crippen MR) is 110 cm³/mol. The largest absolute Gasteiger partial charge is 0.343 e. The molecule has 0 atom stereocenters. The average molecular weight is 381 g/mol. The van der Waals surface area contributed by atoms with Crippen molar-refractivity contribution in [3.8, 4) is 0 Å². The molecule has 1 aromatic rings. The van der Waals surface area contributed by atoms with Crippen molar-refractivity contribution in [3.05, 3.63) is 29.8 Å². The maximum absolute atomic E-state index is 13.3. The maximum Gasteiger partial charge on any atom is 0.233 e. The molecular weight excluding hydrogens is 348 g/mol. The molecule has 4 nitrogen and oxygen atoms in total. The van der Waals surface area contributed by atoms with Crippen LogP contribution < -0.4 is 4.90 Å². The highest BCUT2D eigenvalue weighted by Crippen LogP contribution is 2.44. The molecule has 2 saturated carbocycles.